The Balaban J connectivity index is 0.000000956. The van der Waals surface area contributed by atoms with E-state index in [-0.39, 0.29) is 24.5 Å². The van der Waals surface area contributed by atoms with Crippen molar-refractivity contribution in [3.8, 4) is 17.0 Å². The predicted octanol–water partition coefficient (Wildman–Crippen LogP) is 5.92. The lowest BCUT2D eigenvalue weighted by Gasteiger charge is -2.37. The van der Waals surface area contributed by atoms with Gasteiger partial charge in [0.15, 0.2) is 11.7 Å². The van der Waals surface area contributed by atoms with Crippen molar-refractivity contribution in [2.75, 3.05) is 13.2 Å². The fraction of sp³-hybridized carbons (Fsp3) is 0.400. The van der Waals surface area contributed by atoms with Crippen molar-refractivity contribution in [2.24, 2.45) is 0 Å². The van der Waals surface area contributed by atoms with Crippen LogP contribution in [0.4, 0.5) is 0 Å². The summed E-state index contributed by atoms with van der Waals surface area (Å²) in [6.45, 7) is 10.6. The third kappa shape index (κ3) is 6.37. The van der Waals surface area contributed by atoms with Gasteiger partial charge in [0.25, 0.3) is 5.91 Å². The summed E-state index contributed by atoms with van der Waals surface area (Å²) in [5.41, 5.74) is 2.89. The highest BCUT2D eigenvalue weighted by atomic mass is 16.4. The zero-order valence-corrected chi connectivity index (χ0v) is 23.0. The van der Waals surface area contributed by atoms with Gasteiger partial charge in [-0.25, -0.2) is 4.98 Å². The molecular weight excluding hydrogens is 478 g/mol. The Hall–Kier alpha value is -3.78. The number of aliphatic hydroxyl groups excluding tert-OH is 1. The molecule has 1 amide bonds. The van der Waals surface area contributed by atoms with Gasteiger partial charge in [-0.15, -0.1) is 0 Å². The lowest BCUT2D eigenvalue weighted by Crippen LogP contribution is -2.45. The number of aliphatic hydroxyl groups is 1. The van der Waals surface area contributed by atoms with Crippen molar-refractivity contribution in [1.82, 2.24) is 24.9 Å². The predicted molar refractivity (Wildman–Crippen MR) is 149 cm³/mol. The second-order valence-corrected chi connectivity index (χ2v) is 8.58. The van der Waals surface area contributed by atoms with Gasteiger partial charge in [0.05, 0.1) is 35.3 Å². The van der Waals surface area contributed by atoms with Crippen molar-refractivity contribution >= 4 is 5.91 Å². The highest BCUT2D eigenvalue weighted by Crippen LogP contribution is 2.35. The van der Waals surface area contributed by atoms with E-state index in [1.54, 1.807) is 12.4 Å². The summed E-state index contributed by atoms with van der Waals surface area (Å²) in [6.07, 6.45) is 5.33. The first kappa shape index (κ1) is 28.8. The minimum Gasteiger partial charge on any atom is -0.440 e. The number of aromatic nitrogens is 4. The van der Waals surface area contributed by atoms with Crippen LogP contribution in [0.2, 0.25) is 0 Å². The van der Waals surface area contributed by atoms with Gasteiger partial charge in [0.2, 0.25) is 0 Å². The molecule has 38 heavy (non-hydrogen) atoms. The van der Waals surface area contributed by atoms with Gasteiger partial charge in [0, 0.05) is 31.2 Å². The first-order chi connectivity index (χ1) is 18.7. The molecule has 0 spiro atoms. The van der Waals surface area contributed by atoms with E-state index in [2.05, 4.69) is 17.1 Å². The second kappa shape index (κ2) is 14.2. The standard InChI is InChI=1S/C26H27N5O3.2C2H6/c1-18-11-12-20(25-29-22(13-16-32)24(34-25)19-7-3-2-4-8-19)17-30(18)26(33)21-9-5-6-10-23(21)31-27-14-15-28-31;2*1-2/h2-10,14-15,18,20,32H,11-13,16-17H2,1H3;2*1-2H3/t18-,20-;;/m1../s1. The monoisotopic (exact) mass is 517 g/mol. The summed E-state index contributed by atoms with van der Waals surface area (Å²) in [5, 5.41) is 18.0. The number of likely N-dealkylation sites (tertiary alicyclic amines) is 1. The molecule has 8 heteroatoms. The smallest absolute Gasteiger partial charge is 0.256 e. The summed E-state index contributed by atoms with van der Waals surface area (Å²) in [7, 11) is 0. The van der Waals surface area contributed by atoms with Crippen LogP contribution in [0.5, 0.6) is 0 Å². The summed E-state index contributed by atoms with van der Waals surface area (Å²) >= 11 is 0. The van der Waals surface area contributed by atoms with Crippen LogP contribution in [0.3, 0.4) is 0 Å². The fourth-order valence-corrected chi connectivity index (χ4v) is 4.55. The normalized spacial score (nSPS) is 16.6. The zero-order chi connectivity index (χ0) is 27.5. The van der Waals surface area contributed by atoms with Gasteiger partial charge in [-0.05, 0) is 31.9 Å². The number of rotatable bonds is 6. The Kier molecular flexibility index (Phi) is 10.8. The van der Waals surface area contributed by atoms with E-state index in [0.29, 0.717) is 35.9 Å². The molecule has 1 fully saturated rings. The van der Waals surface area contributed by atoms with E-state index >= 15 is 0 Å². The van der Waals surface area contributed by atoms with E-state index in [4.69, 9.17) is 9.40 Å². The maximum absolute atomic E-state index is 13.7. The van der Waals surface area contributed by atoms with Crippen molar-refractivity contribution < 1.29 is 14.3 Å². The molecule has 0 saturated carbocycles. The van der Waals surface area contributed by atoms with Crippen LogP contribution >= 0.6 is 0 Å². The highest BCUT2D eigenvalue weighted by molar-refractivity contribution is 5.98. The number of amides is 1. The third-order valence-electron chi connectivity index (χ3n) is 6.36. The van der Waals surface area contributed by atoms with Crippen LogP contribution in [0, 0.1) is 0 Å². The van der Waals surface area contributed by atoms with Gasteiger partial charge in [0.1, 0.15) is 0 Å². The second-order valence-electron chi connectivity index (χ2n) is 8.58. The number of hydrogen-bond donors (Lipinski definition) is 1. The lowest BCUT2D eigenvalue weighted by atomic mass is 9.92. The summed E-state index contributed by atoms with van der Waals surface area (Å²) in [4.78, 5) is 21.8. The largest absolute Gasteiger partial charge is 0.440 e. The van der Waals surface area contributed by atoms with Crippen LogP contribution in [-0.2, 0) is 6.42 Å². The average molecular weight is 518 g/mol. The molecule has 1 N–H and O–H groups in total. The van der Waals surface area contributed by atoms with Crippen molar-refractivity contribution in [1.29, 1.82) is 0 Å². The first-order valence-electron chi connectivity index (χ1n) is 13.6. The Morgan fingerprint density at radius 3 is 2.32 bits per heavy atom. The van der Waals surface area contributed by atoms with E-state index in [1.165, 1.54) is 4.80 Å². The molecule has 0 aliphatic carbocycles. The average Bonchev–Trinajstić information content (AvgIpc) is 3.67. The van der Waals surface area contributed by atoms with Gasteiger partial charge < -0.3 is 14.4 Å². The van der Waals surface area contributed by atoms with Crippen LogP contribution in [0.1, 0.15) is 75.3 Å². The third-order valence-corrected chi connectivity index (χ3v) is 6.36. The SMILES string of the molecule is CC.CC.C[C@@H]1CC[C@@H](c2nc(CCO)c(-c3ccccc3)o2)CN1C(=O)c1ccccc1-n1nccn1. The molecule has 1 saturated heterocycles. The highest BCUT2D eigenvalue weighted by Gasteiger charge is 2.34. The molecule has 0 bridgehead atoms. The van der Waals surface area contributed by atoms with Crippen molar-refractivity contribution in [3.05, 3.63) is 84.1 Å². The van der Waals surface area contributed by atoms with Crippen LogP contribution in [-0.4, -0.2) is 55.1 Å². The molecule has 2 aromatic heterocycles. The molecule has 1 aliphatic rings. The number of hydrogen-bond acceptors (Lipinski definition) is 6. The molecule has 0 radical (unpaired) electrons. The van der Waals surface area contributed by atoms with Gasteiger partial charge in [-0.1, -0.05) is 70.2 Å². The number of piperidine rings is 1. The molecule has 202 valence electrons. The molecule has 1 aliphatic heterocycles. The number of carbonyl (C=O) groups excluding carboxylic acids is 1. The Bertz CT molecular complexity index is 1250. The van der Waals surface area contributed by atoms with Gasteiger partial charge in [-0.2, -0.15) is 15.0 Å². The van der Waals surface area contributed by atoms with Crippen molar-refractivity contribution in [2.45, 2.75) is 65.8 Å². The summed E-state index contributed by atoms with van der Waals surface area (Å²) in [5.74, 6) is 1.23. The molecule has 5 rings (SSSR count). The minimum absolute atomic E-state index is 0.00360. The quantitative estimate of drug-likeness (QED) is 0.341. The summed E-state index contributed by atoms with van der Waals surface area (Å²) in [6, 6.07) is 17.3. The van der Waals surface area contributed by atoms with Crippen LogP contribution in [0.25, 0.3) is 17.0 Å². The molecule has 4 aromatic rings. The van der Waals surface area contributed by atoms with E-state index in [1.807, 2.05) is 87.2 Å². The molecule has 2 atom stereocenters. The van der Waals surface area contributed by atoms with Gasteiger partial charge >= 0.3 is 0 Å². The molecule has 2 aromatic carbocycles. The fourth-order valence-electron chi connectivity index (χ4n) is 4.55. The molecule has 3 heterocycles. The topological polar surface area (TPSA) is 97.3 Å². The number of nitrogens with zero attached hydrogens (tertiary/aromatic N) is 5. The van der Waals surface area contributed by atoms with Crippen molar-refractivity contribution in [3.63, 3.8) is 0 Å². The Morgan fingerprint density at radius 1 is 0.974 bits per heavy atom. The molecular formula is C30H39N5O3. The zero-order valence-electron chi connectivity index (χ0n) is 23.0. The summed E-state index contributed by atoms with van der Waals surface area (Å²) < 4.78 is 6.26. The molecule has 0 unspecified atom stereocenters. The maximum Gasteiger partial charge on any atom is 0.256 e. The number of oxazole rings is 1. The van der Waals surface area contributed by atoms with E-state index in [0.717, 1.165) is 24.1 Å². The van der Waals surface area contributed by atoms with E-state index in [9.17, 15) is 9.90 Å². The maximum atomic E-state index is 13.7. The Morgan fingerprint density at radius 2 is 1.63 bits per heavy atom. The Labute approximate surface area is 225 Å². The number of benzene rings is 2. The first-order valence-corrected chi connectivity index (χ1v) is 13.6. The number of carbonyl (C=O) groups is 1. The van der Waals surface area contributed by atoms with Crippen LogP contribution in [0.15, 0.2) is 71.4 Å². The molecule has 8 nitrogen and oxygen atoms in total. The lowest BCUT2D eigenvalue weighted by molar-refractivity contribution is 0.0597. The minimum atomic E-state index is -0.0597. The number of para-hydroxylation sites is 1. The van der Waals surface area contributed by atoms with Crippen LogP contribution < -0.4 is 0 Å². The van der Waals surface area contributed by atoms with Gasteiger partial charge in [-0.3, -0.25) is 4.79 Å². The van der Waals surface area contributed by atoms with E-state index < -0.39 is 0 Å².